The van der Waals surface area contributed by atoms with Crippen LogP contribution >= 0.6 is 0 Å². The predicted molar refractivity (Wildman–Crippen MR) is 78.2 cm³/mol. The molecule has 1 saturated carbocycles. The molecule has 0 radical (unpaired) electrons. The van der Waals surface area contributed by atoms with E-state index in [0.717, 1.165) is 18.2 Å². The van der Waals surface area contributed by atoms with Crippen LogP contribution < -0.4 is 10.2 Å². The van der Waals surface area contributed by atoms with E-state index in [9.17, 15) is 0 Å². The molecule has 18 heavy (non-hydrogen) atoms. The van der Waals surface area contributed by atoms with Crippen molar-refractivity contribution in [3.8, 4) is 0 Å². The van der Waals surface area contributed by atoms with E-state index in [-0.39, 0.29) is 5.54 Å². The molecule has 2 rings (SSSR count). The van der Waals surface area contributed by atoms with Gasteiger partial charge in [0.2, 0.25) is 0 Å². The Morgan fingerprint density at radius 3 is 2.72 bits per heavy atom. The number of hydrogen-bond acceptors (Lipinski definition) is 3. The SMILES string of the molecule is C=CCN(c1cccc(NC(C)(C)C)n1)C1CC1. The summed E-state index contributed by atoms with van der Waals surface area (Å²) >= 11 is 0. The molecule has 3 nitrogen and oxygen atoms in total. The molecule has 0 spiro atoms. The van der Waals surface area contributed by atoms with Crippen molar-refractivity contribution in [3.05, 3.63) is 30.9 Å². The summed E-state index contributed by atoms with van der Waals surface area (Å²) in [5.74, 6) is 1.99. The summed E-state index contributed by atoms with van der Waals surface area (Å²) in [6.07, 6.45) is 4.49. The summed E-state index contributed by atoms with van der Waals surface area (Å²) in [5, 5.41) is 3.41. The average molecular weight is 245 g/mol. The molecule has 1 heterocycles. The third-order valence-electron chi connectivity index (χ3n) is 2.85. The van der Waals surface area contributed by atoms with Gasteiger partial charge in [-0.1, -0.05) is 12.1 Å². The number of pyridine rings is 1. The fourth-order valence-electron chi connectivity index (χ4n) is 1.99. The predicted octanol–water partition coefficient (Wildman–Crippen LogP) is 3.45. The van der Waals surface area contributed by atoms with E-state index in [1.165, 1.54) is 12.8 Å². The molecule has 1 aromatic heterocycles. The van der Waals surface area contributed by atoms with E-state index in [0.29, 0.717) is 6.04 Å². The normalized spacial score (nSPS) is 15.3. The molecule has 0 atom stereocenters. The molecule has 1 aliphatic rings. The highest BCUT2D eigenvalue weighted by molar-refractivity contribution is 5.49. The van der Waals surface area contributed by atoms with Gasteiger partial charge < -0.3 is 10.2 Å². The fraction of sp³-hybridized carbons (Fsp3) is 0.533. The van der Waals surface area contributed by atoms with E-state index in [2.05, 4.69) is 49.7 Å². The van der Waals surface area contributed by atoms with Crippen LogP contribution in [0.1, 0.15) is 33.6 Å². The van der Waals surface area contributed by atoms with Gasteiger partial charge in [0.1, 0.15) is 11.6 Å². The monoisotopic (exact) mass is 245 g/mol. The van der Waals surface area contributed by atoms with Gasteiger partial charge in [-0.2, -0.15) is 0 Å². The number of rotatable bonds is 5. The number of nitrogens with one attached hydrogen (secondary N) is 1. The van der Waals surface area contributed by atoms with E-state index in [1.54, 1.807) is 0 Å². The summed E-state index contributed by atoms with van der Waals surface area (Å²) in [7, 11) is 0. The summed E-state index contributed by atoms with van der Waals surface area (Å²) in [6, 6.07) is 6.82. The molecule has 3 heteroatoms. The second-order valence-corrected chi connectivity index (χ2v) is 5.93. The summed E-state index contributed by atoms with van der Waals surface area (Å²) in [5.41, 5.74) is 0.0362. The first-order valence-electron chi connectivity index (χ1n) is 6.62. The Balaban J connectivity index is 2.16. The summed E-state index contributed by atoms with van der Waals surface area (Å²) < 4.78 is 0. The van der Waals surface area contributed by atoms with Crippen LogP contribution in [0, 0.1) is 0 Å². The second kappa shape index (κ2) is 5.01. The lowest BCUT2D eigenvalue weighted by atomic mass is 10.1. The van der Waals surface area contributed by atoms with Gasteiger partial charge in [0.15, 0.2) is 0 Å². The lowest BCUT2D eigenvalue weighted by Crippen LogP contribution is -2.29. The Labute approximate surface area is 110 Å². The van der Waals surface area contributed by atoms with Crippen LogP contribution in [0.3, 0.4) is 0 Å². The van der Waals surface area contributed by atoms with Crippen LogP contribution in [0.15, 0.2) is 30.9 Å². The highest BCUT2D eigenvalue weighted by Crippen LogP contribution is 2.31. The van der Waals surface area contributed by atoms with Crippen LogP contribution in [0.5, 0.6) is 0 Å². The maximum absolute atomic E-state index is 4.71. The van der Waals surface area contributed by atoms with Crippen molar-refractivity contribution < 1.29 is 0 Å². The zero-order valence-corrected chi connectivity index (χ0v) is 11.6. The maximum atomic E-state index is 4.71. The van der Waals surface area contributed by atoms with E-state index < -0.39 is 0 Å². The maximum Gasteiger partial charge on any atom is 0.131 e. The minimum atomic E-state index is 0.0362. The zero-order chi connectivity index (χ0) is 13.2. The lowest BCUT2D eigenvalue weighted by Gasteiger charge is -2.25. The van der Waals surface area contributed by atoms with Crippen molar-refractivity contribution in [2.45, 2.75) is 45.2 Å². The first-order valence-corrected chi connectivity index (χ1v) is 6.62. The largest absolute Gasteiger partial charge is 0.365 e. The molecule has 0 aromatic carbocycles. The van der Waals surface area contributed by atoms with Gasteiger partial charge in [-0.3, -0.25) is 0 Å². The van der Waals surface area contributed by atoms with Gasteiger partial charge in [-0.25, -0.2) is 4.98 Å². The molecular formula is C15H23N3. The Morgan fingerprint density at radius 1 is 1.44 bits per heavy atom. The van der Waals surface area contributed by atoms with Crippen LogP contribution in [-0.4, -0.2) is 23.1 Å². The number of aromatic nitrogens is 1. The van der Waals surface area contributed by atoms with Crippen molar-refractivity contribution >= 4 is 11.6 Å². The summed E-state index contributed by atoms with van der Waals surface area (Å²) in [4.78, 5) is 7.04. The van der Waals surface area contributed by atoms with Crippen LogP contribution in [0.2, 0.25) is 0 Å². The van der Waals surface area contributed by atoms with Crippen molar-refractivity contribution in [1.29, 1.82) is 0 Å². The minimum absolute atomic E-state index is 0.0362. The number of hydrogen-bond donors (Lipinski definition) is 1. The highest BCUT2D eigenvalue weighted by Gasteiger charge is 2.29. The molecule has 0 amide bonds. The Morgan fingerprint density at radius 2 is 2.17 bits per heavy atom. The van der Waals surface area contributed by atoms with Crippen molar-refractivity contribution in [1.82, 2.24) is 4.98 Å². The smallest absolute Gasteiger partial charge is 0.131 e. The molecular weight excluding hydrogens is 222 g/mol. The van der Waals surface area contributed by atoms with Crippen LogP contribution in [0.4, 0.5) is 11.6 Å². The quantitative estimate of drug-likeness (QED) is 0.805. The molecule has 1 aromatic rings. The Kier molecular flexibility index (Phi) is 3.60. The first kappa shape index (κ1) is 12.9. The molecule has 1 fully saturated rings. The standard InChI is InChI=1S/C15H23N3/c1-5-11-18(12-9-10-12)14-8-6-7-13(16-14)17-15(2,3)4/h5-8,12H,1,9-11H2,2-4H3,(H,16,17). The molecule has 0 aliphatic heterocycles. The second-order valence-electron chi connectivity index (χ2n) is 5.93. The van der Waals surface area contributed by atoms with Gasteiger partial charge in [0.25, 0.3) is 0 Å². The third kappa shape index (κ3) is 3.49. The fourth-order valence-corrected chi connectivity index (χ4v) is 1.99. The molecule has 0 saturated heterocycles. The van der Waals surface area contributed by atoms with Crippen molar-refractivity contribution in [3.63, 3.8) is 0 Å². The number of nitrogens with zero attached hydrogens (tertiary/aromatic N) is 2. The van der Waals surface area contributed by atoms with E-state index in [1.807, 2.05) is 12.1 Å². The van der Waals surface area contributed by atoms with Crippen molar-refractivity contribution in [2.75, 3.05) is 16.8 Å². The van der Waals surface area contributed by atoms with Gasteiger partial charge >= 0.3 is 0 Å². The molecule has 1 N–H and O–H groups in total. The van der Waals surface area contributed by atoms with Gasteiger partial charge in [0, 0.05) is 18.1 Å². The van der Waals surface area contributed by atoms with Gasteiger partial charge in [-0.05, 0) is 45.7 Å². The van der Waals surface area contributed by atoms with Gasteiger partial charge in [0.05, 0.1) is 0 Å². The molecule has 98 valence electrons. The highest BCUT2D eigenvalue weighted by atomic mass is 15.2. The van der Waals surface area contributed by atoms with Crippen LogP contribution in [0.25, 0.3) is 0 Å². The Hall–Kier alpha value is -1.51. The summed E-state index contributed by atoms with van der Waals surface area (Å²) in [6.45, 7) is 11.1. The lowest BCUT2D eigenvalue weighted by molar-refractivity contribution is 0.630. The van der Waals surface area contributed by atoms with Crippen molar-refractivity contribution in [2.24, 2.45) is 0 Å². The minimum Gasteiger partial charge on any atom is -0.365 e. The molecule has 0 bridgehead atoms. The third-order valence-corrected chi connectivity index (χ3v) is 2.85. The molecule has 0 unspecified atom stereocenters. The zero-order valence-electron chi connectivity index (χ0n) is 11.6. The first-order chi connectivity index (χ1) is 8.49. The topological polar surface area (TPSA) is 28.2 Å². The van der Waals surface area contributed by atoms with E-state index in [4.69, 9.17) is 4.98 Å². The average Bonchev–Trinajstić information content (AvgIpc) is 3.07. The number of anilines is 2. The van der Waals surface area contributed by atoms with Crippen LogP contribution in [-0.2, 0) is 0 Å². The molecule has 1 aliphatic carbocycles. The van der Waals surface area contributed by atoms with E-state index >= 15 is 0 Å². The van der Waals surface area contributed by atoms with Gasteiger partial charge in [-0.15, -0.1) is 6.58 Å². The Bertz CT molecular complexity index is 416.